The van der Waals surface area contributed by atoms with Gasteiger partial charge in [0, 0.05) is 40.3 Å². The number of amides is 1. The van der Waals surface area contributed by atoms with Crippen LogP contribution in [0.15, 0.2) is 71.5 Å². The highest BCUT2D eigenvalue weighted by Crippen LogP contribution is 2.37. The highest BCUT2D eigenvalue weighted by atomic mass is 35.5. The molecule has 1 fully saturated rings. The molecule has 5 nitrogen and oxygen atoms in total. The molecule has 0 spiro atoms. The second-order valence-corrected chi connectivity index (χ2v) is 9.76. The van der Waals surface area contributed by atoms with Gasteiger partial charge in [-0.05, 0) is 62.1 Å². The predicted molar refractivity (Wildman–Crippen MR) is 144 cm³/mol. The van der Waals surface area contributed by atoms with Gasteiger partial charge < -0.3 is 15.2 Å². The van der Waals surface area contributed by atoms with Crippen LogP contribution in [0.4, 0.5) is 11.4 Å². The molecular weight excluding hydrogens is 458 g/mol. The summed E-state index contributed by atoms with van der Waals surface area (Å²) < 4.78 is 0. The summed E-state index contributed by atoms with van der Waals surface area (Å²) in [6.45, 7) is 5.23. The van der Waals surface area contributed by atoms with Gasteiger partial charge in [0.15, 0.2) is 0 Å². The number of carbonyl (C=O) groups excluding carboxylic acids is 1. The molecule has 0 unspecified atom stereocenters. The zero-order valence-electron chi connectivity index (χ0n) is 19.9. The lowest BCUT2D eigenvalue weighted by molar-refractivity contribution is -0.120. The first-order valence-electron chi connectivity index (χ1n) is 11.9. The van der Waals surface area contributed by atoms with Crippen molar-refractivity contribution in [1.82, 2.24) is 4.98 Å². The number of pyridine rings is 1. The van der Waals surface area contributed by atoms with Gasteiger partial charge in [0.25, 0.3) is 5.56 Å². The van der Waals surface area contributed by atoms with Crippen LogP contribution in [0.25, 0.3) is 22.0 Å². The van der Waals surface area contributed by atoms with Crippen molar-refractivity contribution in [1.29, 1.82) is 0 Å². The van der Waals surface area contributed by atoms with E-state index in [4.69, 9.17) is 11.6 Å². The maximum Gasteiger partial charge on any atom is 0.272 e. The van der Waals surface area contributed by atoms with Crippen LogP contribution in [0, 0.1) is 19.8 Å². The van der Waals surface area contributed by atoms with Crippen LogP contribution < -0.4 is 15.8 Å². The van der Waals surface area contributed by atoms with Gasteiger partial charge in [-0.25, -0.2) is 0 Å². The Bertz CT molecular complexity index is 1460. The molecule has 178 valence electrons. The molecule has 1 saturated heterocycles. The summed E-state index contributed by atoms with van der Waals surface area (Å²) in [6, 6.07) is 21.4. The molecule has 3 aromatic carbocycles. The van der Waals surface area contributed by atoms with Gasteiger partial charge in [-0.1, -0.05) is 59.6 Å². The van der Waals surface area contributed by atoms with Crippen LogP contribution in [-0.2, 0) is 4.79 Å². The van der Waals surface area contributed by atoms with Crippen molar-refractivity contribution in [3.63, 3.8) is 0 Å². The number of aromatic nitrogens is 1. The Morgan fingerprint density at radius 3 is 2.63 bits per heavy atom. The number of anilines is 2. The first-order valence-corrected chi connectivity index (χ1v) is 12.3. The lowest BCUT2D eigenvalue weighted by atomic mass is 9.93. The van der Waals surface area contributed by atoms with Crippen molar-refractivity contribution in [2.45, 2.75) is 26.7 Å². The second kappa shape index (κ2) is 9.59. The topological polar surface area (TPSA) is 65.2 Å². The van der Waals surface area contributed by atoms with E-state index in [9.17, 15) is 9.59 Å². The molecule has 5 rings (SSSR count). The van der Waals surface area contributed by atoms with E-state index in [1.165, 1.54) is 0 Å². The third kappa shape index (κ3) is 4.69. The van der Waals surface area contributed by atoms with Gasteiger partial charge in [-0.15, -0.1) is 0 Å². The number of halogens is 1. The van der Waals surface area contributed by atoms with Crippen LogP contribution in [0.3, 0.4) is 0 Å². The number of hydrogen-bond acceptors (Lipinski definition) is 3. The van der Waals surface area contributed by atoms with Gasteiger partial charge in [-0.3, -0.25) is 9.59 Å². The van der Waals surface area contributed by atoms with E-state index in [0.717, 1.165) is 51.7 Å². The molecule has 0 aliphatic carbocycles. The minimum absolute atomic E-state index is 0.0109. The van der Waals surface area contributed by atoms with E-state index >= 15 is 0 Å². The maximum atomic E-state index is 13.4. The van der Waals surface area contributed by atoms with E-state index in [2.05, 4.69) is 21.3 Å². The number of benzene rings is 3. The Balaban J connectivity index is 1.53. The standard InChI is InChI=1S/C29H28ClN3O2/c1-18-10-12-24(19(2)15-18)31-28(34)21-9-6-14-33(17-21)27-26(20-7-4-3-5-8-20)23-16-22(30)11-13-25(23)32-29(27)35/h3-5,7-8,10-13,15-16,21H,6,9,14,17H2,1-2H3,(H,31,34)(H,32,35)/t21-/m1/s1. The fraction of sp³-hybridized carbons (Fsp3) is 0.241. The average molecular weight is 486 g/mol. The van der Waals surface area contributed by atoms with Crippen molar-refractivity contribution in [2.75, 3.05) is 23.3 Å². The Hall–Kier alpha value is -3.57. The van der Waals surface area contributed by atoms with Crippen LogP contribution in [0.2, 0.25) is 5.02 Å². The molecule has 1 aromatic heterocycles. The number of fused-ring (bicyclic) bond motifs is 1. The number of aromatic amines is 1. The molecule has 0 saturated carbocycles. The van der Waals surface area contributed by atoms with Crippen LogP contribution in [0.1, 0.15) is 24.0 Å². The van der Waals surface area contributed by atoms with E-state index in [1.807, 2.05) is 68.4 Å². The molecule has 6 heteroatoms. The number of H-pyrrole nitrogens is 1. The Morgan fingerprint density at radius 2 is 1.86 bits per heavy atom. The van der Waals surface area contributed by atoms with Crippen molar-refractivity contribution < 1.29 is 4.79 Å². The fourth-order valence-corrected chi connectivity index (χ4v) is 5.21. The maximum absolute atomic E-state index is 13.4. The summed E-state index contributed by atoms with van der Waals surface area (Å²) >= 11 is 6.36. The zero-order valence-corrected chi connectivity index (χ0v) is 20.7. The zero-order chi connectivity index (χ0) is 24.5. The first kappa shape index (κ1) is 23.2. The SMILES string of the molecule is Cc1ccc(NC(=O)[C@@H]2CCCN(c3c(-c4ccccc4)c4cc(Cl)ccc4[nH]c3=O)C2)c(C)c1. The summed E-state index contributed by atoms with van der Waals surface area (Å²) in [5, 5.41) is 4.61. The number of rotatable bonds is 4. The van der Waals surface area contributed by atoms with E-state index in [-0.39, 0.29) is 17.4 Å². The lowest BCUT2D eigenvalue weighted by Gasteiger charge is -2.34. The van der Waals surface area contributed by atoms with Gasteiger partial charge in [0.2, 0.25) is 5.91 Å². The predicted octanol–water partition coefficient (Wildman–Crippen LogP) is 6.32. The Kier molecular flexibility index (Phi) is 6.35. The Labute approximate surface area is 209 Å². The minimum atomic E-state index is -0.220. The summed E-state index contributed by atoms with van der Waals surface area (Å²) in [6.07, 6.45) is 1.61. The number of hydrogen-bond donors (Lipinski definition) is 2. The normalized spacial score (nSPS) is 15.9. The molecule has 1 amide bonds. The molecule has 35 heavy (non-hydrogen) atoms. The molecular formula is C29H28ClN3O2. The quantitative estimate of drug-likeness (QED) is 0.355. The lowest BCUT2D eigenvalue weighted by Crippen LogP contribution is -2.43. The van der Waals surface area contributed by atoms with Gasteiger partial charge in [0.1, 0.15) is 5.69 Å². The fourth-order valence-electron chi connectivity index (χ4n) is 5.04. The van der Waals surface area contributed by atoms with Crippen molar-refractivity contribution in [3.8, 4) is 11.1 Å². The molecule has 0 bridgehead atoms. The molecule has 2 N–H and O–H groups in total. The molecule has 2 heterocycles. The first-order chi connectivity index (χ1) is 16.9. The van der Waals surface area contributed by atoms with Crippen LogP contribution in [-0.4, -0.2) is 24.0 Å². The third-order valence-electron chi connectivity index (χ3n) is 6.76. The van der Waals surface area contributed by atoms with E-state index in [1.54, 1.807) is 6.07 Å². The van der Waals surface area contributed by atoms with Gasteiger partial charge in [0.05, 0.1) is 5.92 Å². The number of carbonyl (C=O) groups is 1. The summed E-state index contributed by atoms with van der Waals surface area (Å²) in [4.78, 5) is 31.8. The summed E-state index contributed by atoms with van der Waals surface area (Å²) in [5.41, 5.74) is 6.01. The van der Waals surface area contributed by atoms with E-state index in [0.29, 0.717) is 23.8 Å². The van der Waals surface area contributed by atoms with Crippen LogP contribution >= 0.6 is 11.6 Å². The largest absolute Gasteiger partial charge is 0.366 e. The second-order valence-electron chi connectivity index (χ2n) is 9.33. The molecule has 4 aromatic rings. The van der Waals surface area contributed by atoms with Crippen molar-refractivity contribution in [2.24, 2.45) is 5.92 Å². The molecule has 1 aliphatic heterocycles. The molecule has 1 atom stereocenters. The monoisotopic (exact) mass is 485 g/mol. The summed E-state index contributed by atoms with van der Waals surface area (Å²) in [5.74, 6) is -0.231. The number of nitrogens with one attached hydrogen (secondary N) is 2. The number of aryl methyl sites for hydroxylation is 2. The number of nitrogens with zero attached hydrogens (tertiary/aromatic N) is 1. The Morgan fingerprint density at radius 1 is 1.06 bits per heavy atom. The van der Waals surface area contributed by atoms with Crippen molar-refractivity contribution >= 4 is 39.8 Å². The minimum Gasteiger partial charge on any atom is -0.366 e. The number of piperidine rings is 1. The molecule has 1 aliphatic rings. The van der Waals surface area contributed by atoms with Crippen molar-refractivity contribution in [3.05, 3.63) is 93.2 Å². The highest BCUT2D eigenvalue weighted by Gasteiger charge is 2.30. The third-order valence-corrected chi connectivity index (χ3v) is 7.00. The summed E-state index contributed by atoms with van der Waals surface area (Å²) in [7, 11) is 0. The van der Waals surface area contributed by atoms with Crippen LogP contribution in [0.5, 0.6) is 0 Å². The van der Waals surface area contributed by atoms with Gasteiger partial charge in [-0.2, -0.15) is 0 Å². The smallest absolute Gasteiger partial charge is 0.272 e. The average Bonchev–Trinajstić information content (AvgIpc) is 2.86. The van der Waals surface area contributed by atoms with Gasteiger partial charge >= 0.3 is 0 Å². The molecule has 0 radical (unpaired) electrons. The van der Waals surface area contributed by atoms with E-state index < -0.39 is 0 Å². The highest BCUT2D eigenvalue weighted by molar-refractivity contribution is 6.31.